The van der Waals surface area contributed by atoms with Crippen LogP contribution in [0.25, 0.3) is 93.6 Å². The molecule has 302 valence electrons. The van der Waals surface area contributed by atoms with E-state index in [9.17, 15) is 0 Å². The Bertz CT molecular complexity index is 3800. The number of furan rings is 1. The maximum atomic E-state index is 6.50. The zero-order valence-corrected chi connectivity index (χ0v) is 35.6. The molecule has 12 aromatic rings. The van der Waals surface area contributed by atoms with Crippen molar-refractivity contribution in [3.8, 4) is 39.1 Å². The Labute approximate surface area is 371 Å². The van der Waals surface area contributed by atoms with Gasteiger partial charge in [-0.05, 0) is 123 Å². The monoisotopic (exact) mass is 818 g/mol. The van der Waals surface area contributed by atoms with Crippen molar-refractivity contribution in [2.75, 3.05) is 4.90 Å². The minimum atomic E-state index is -0.104. The van der Waals surface area contributed by atoms with Crippen molar-refractivity contribution in [2.45, 2.75) is 19.3 Å². The van der Waals surface area contributed by atoms with Gasteiger partial charge in [-0.2, -0.15) is 0 Å². The van der Waals surface area contributed by atoms with E-state index in [0.29, 0.717) is 0 Å². The maximum Gasteiger partial charge on any atom is 0.137 e. The molecule has 0 N–H and O–H groups in total. The Balaban J connectivity index is 1.02. The summed E-state index contributed by atoms with van der Waals surface area (Å²) >= 11 is 0. The van der Waals surface area contributed by atoms with Crippen LogP contribution in [0.3, 0.4) is 0 Å². The molecule has 1 aliphatic carbocycles. The molecule has 2 heterocycles. The number of nitrogens with zero attached hydrogens (tertiary/aromatic N) is 2. The van der Waals surface area contributed by atoms with Gasteiger partial charge in [0.15, 0.2) is 0 Å². The minimum absolute atomic E-state index is 0.104. The fourth-order valence-electron chi connectivity index (χ4n) is 10.7. The minimum Gasteiger partial charge on any atom is -0.456 e. The molecular formula is C61H42N2O. The predicted octanol–water partition coefficient (Wildman–Crippen LogP) is 16.9. The van der Waals surface area contributed by atoms with Crippen LogP contribution in [-0.4, -0.2) is 4.57 Å². The zero-order chi connectivity index (χ0) is 42.5. The highest BCUT2D eigenvalue weighted by atomic mass is 16.3. The number of hydrogen-bond donors (Lipinski definition) is 0. The highest BCUT2D eigenvalue weighted by Gasteiger charge is 2.35. The van der Waals surface area contributed by atoms with E-state index >= 15 is 0 Å². The van der Waals surface area contributed by atoms with Crippen molar-refractivity contribution < 1.29 is 4.42 Å². The van der Waals surface area contributed by atoms with Crippen LogP contribution in [0.1, 0.15) is 25.0 Å². The van der Waals surface area contributed by atoms with Gasteiger partial charge in [0.1, 0.15) is 11.2 Å². The van der Waals surface area contributed by atoms with Crippen molar-refractivity contribution >= 4 is 71.6 Å². The smallest absolute Gasteiger partial charge is 0.137 e. The van der Waals surface area contributed by atoms with E-state index < -0.39 is 0 Å². The van der Waals surface area contributed by atoms with Gasteiger partial charge < -0.3 is 13.9 Å². The highest BCUT2D eigenvalue weighted by molar-refractivity contribution is 6.24. The topological polar surface area (TPSA) is 21.3 Å². The summed E-state index contributed by atoms with van der Waals surface area (Å²) in [6, 6.07) is 79.7. The first-order chi connectivity index (χ1) is 31.5. The van der Waals surface area contributed by atoms with Crippen LogP contribution in [0, 0.1) is 0 Å². The van der Waals surface area contributed by atoms with E-state index in [0.717, 1.165) is 55.8 Å². The number of aromatic nitrogens is 1. The van der Waals surface area contributed by atoms with Crippen LogP contribution < -0.4 is 4.90 Å². The first-order valence-corrected chi connectivity index (χ1v) is 22.2. The third kappa shape index (κ3) is 5.47. The summed E-state index contributed by atoms with van der Waals surface area (Å²) in [7, 11) is 0. The van der Waals surface area contributed by atoms with Crippen LogP contribution in [0.5, 0.6) is 0 Å². The maximum absolute atomic E-state index is 6.50. The SMILES string of the molecule is CC1(C)c2ccccc2-c2ccc(N(c3ccccc3)c3ccc(-c4cc5ccccc5c5c4c4cc(-c6ccccc6)ccc4n5-c4ccc5c(c4)oc4ccccc45)cc3)cc21. The first kappa shape index (κ1) is 36.5. The molecule has 0 spiro atoms. The van der Waals surface area contributed by atoms with E-state index in [2.05, 4.69) is 236 Å². The summed E-state index contributed by atoms with van der Waals surface area (Å²) in [6.07, 6.45) is 0. The number of hydrogen-bond acceptors (Lipinski definition) is 2. The number of benzene rings is 10. The molecule has 0 radical (unpaired) electrons. The van der Waals surface area contributed by atoms with Gasteiger partial charge in [0.25, 0.3) is 0 Å². The second-order valence-corrected chi connectivity index (χ2v) is 17.7. The number of anilines is 3. The van der Waals surface area contributed by atoms with Crippen molar-refractivity contribution in [2.24, 2.45) is 0 Å². The average Bonchev–Trinajstić information content (AvgIpc) is 3.97. The molecule has 2 aromatic heterocycles. The number of rotatable bonds is 6. The van der Waals surface area contributed by atoms with Gasteiger partial charge in [-0.15, -0.1) is 0 Å². The molecule has 0 bridgehead atoms. The van der Waals surface area contributed by atoms with Gasteiger partial charge in [-0.25, -0.2) is 0 Å². The summed E-state index contributed by atoms with van der Waals surface area (Å²) < 4.78 is 8.95. The third-order valence-electron chi connectivity index (χ3n) is 13.8. The van der Waals surface area contributed by atoms with Gasteiger partial charge in [-0.3, -0.25) is 0 Å². The van der Waals surface area contributed by atoms with Crippen LogP contribution >= 0.6 is 0 Å². The molecule has 0 saturated carbocycles. The molecule has 0 amide bonds. The largest absolute Gasteiger partial charge is 0.456 e. The number of para-hydroxylation sites is 2. The number of fused-ring (bicyclic) bond motifs is 11. The van der Waals surface area contributed by atoms with Crippen LogP contribution in [0.15, 0.2) is 223 Å². The van der Waals surface area contributed by atoms with E-state index in [1.807, 2.05) is 6.07 Å². The zero-order valence-electron chi connectivity index (χ0n) is 35.6. The van der Waals surface area contributed by atoms with Gasteiger partial charge in [0.05, 0.1) is 11.0 Å². The van der Waals surface area contributed by atoms with E-state index in [1.165, 1.54) is 66.0 Å². The molecule has 10 aromatic carbocycles. The molecule has 0 atom stereocenters. The summed E-state index contributed by atoms with van der Waals surface area (Å²) in [5.74, 6) is 0. The van der Waals surface area contributed by atoms with Crippen LogP contribution in [0.2, 0.25) is 0 Å². The lowest BCUT2D eigenvalue weighted by Crippen LogP contribution is -2.16. The van der Waals surface area contributed by atoms with Crippen LogP contribution in [0.4, 0.5) is 17.1 Å². The Hall–Kier alpha value is -8.14. The molecule has 13 rings (SSSR count). The van der Waals surface area contributed by atoms with Gasteiger partial charge in [0.2, 0.25) is 0 Å². The molecule has 64 heavy (non-hydrogen) atoms. The highest BCUT2D eigenvalue weighted by Crippen LogP contribution is 2.51. The second-order valence-electron chi connectivity index (χ2n) is 17.7. The molecule has 0 saturated heterocycles. The Kier molecular flexibility index (Phi) is 7.95. The Morgan fingerprint density at radius 1 is 0.406 bits per heavy atom. The average molecular weight is 819 g/mol. The van der Waals surface area contributed by atoms with Gasteiger partial charge >= 0.3 is 0 Å². The van der Waals surface area contributed by atoms with E-state index in [1.54, 1.807) is 0 Å². The third-order valence-corrected chi connectivity index (χ3v) is 13.8. The van der Waals surface area contributed by atoms with Crippen LogP contribution in [-0.2, 0) is 5.41 Å². The standard InChI is InChI=1S/C61H42N2O/c1-61(2)54-23-13-11-21-48(54)49-32-30-45(37-55(49)61)62(43-18-7-4-8-19-43)44-28-25-40(26-29-44)52-36-42-17-9-10-20-47(42)60-59(52)53-35-41(39-15-5-3-6-16-39)27-34-56(53)63(60)46-31-33-51-50-22-12-14-24-57(50)64-58(51)38-46/h3-38H,1-2H3. The summed E-state index contributed by atoms with van der Waals surface area (Å²) in [6.45, 7) is 4.70. The summed E-state index contributed by atoms with van der Waals surface area (Å²) in [5.41, 5.74) is 18.6. The molecule has 0 aliphatic heterocycles. The van der Waals surface area contributed by atoms with Crippen molar-refractivity contribution in [3.05, 3.63) is 230 Å². The van der Waals surface area contributed by atoms with Crippen molar-refractivity contribution in [3.63, 3.8) is 0 Å². The first-order valence-electron chi connectivity index (χ1n) is 22.2. The predicted molar refractivity (Wildman–Crippen MR) is 269 cm³/mol. The lowest BCUT2D eigenvalue weighted by atomic mass is 9.82. The van der Waals surface area contributed by atoms with Crippen molar-refractivity contribution in [1.29, 1.82) is 0 Å². The molecule has 3 heteroatoms. The lowest BCUT2D eigenvalue weighted by molar-refractivity contribution is 0.660. The fourth-order valence-corrected chi connectivity index (χ4v) is 10.7. The Morgan fingerprint density at radius 2 is 1.06 bits per heavy atom. The molecule has 0 fully saturated rings. The molecule has 3 nitrogen and oxygen atoms in total. The summed E-state index contributed by atoms with van der Waals surface area (Å²) in [4.78, 5) is 2.39. The Morgan fingerprint density at radius 3 is 1.91 bits per heavy atom. The summed E-state index contributed by atoms with van der Waals surface area (Å²) in [5, 5.41) is 7.08. The molecule has 0 unspecified atom stereocenters. The fraction of sp³-hybridized carbons (Fsp3) is 0.0492. The quantitative estimate of drug-likeness (QED) is 0.167. The molecular weight excluding hydrogens is 777 g/mol. The lowest BCUT2D eigenvalue weighted by Gasteiger charge is -2.28. The van der Waals surface area contributed by atoms with Gasteiger partial charge in [0, 0.05) is 61.2 Å². The van der Waals surface area contributed by atoms with Gasteiger partial charge in [-0.1, -0.05) is 153 Å². The van der Waals surface area contributed by atoms with E-state index in [4.69, 9.17) is 4.42 Å². The molecule has 1 aliphatic rings. The van der Waals surface area contributed by atoms with E-state index in [-0.39, 0.29) is 5.41 Å². The second kappa shape index (κ2) is 13.9. The normalized spacial score (nSPS) is 13.0. The van der Waals surface area contributed by atoms with Crippen molar-refractivity contribution in [1.82, 2.24) is 4.57 Å².